The molecule has 1 fully saturated rings. The molecule has 1 saturated carbocycles. The minimum atomic E-state index is -0.551. The quantitative estimate of drug-likeness (QED) is 0.442. The SMILES string of the molecule is O=C(Cc1ccc(-n2c(=O)c3ccccc3n(Cc3ccccc3F)c2=O)cc1)NC1CCCCC1. The first-order valence-corrected chi connectivity index (χ1v) is 12.4. The molecule has 6 nitrogen and oxygen atoms in total. The van der Waals surface area contributed by atoms with Crippen molar-refractivity contribution in [1.29, 1.82) is 0 Å². The lowest BCUT2D eigenvalue weighted by Gasteiger charge is -2.22. The fourth-order valence-corrected chi connectivity index (χ4v) is 4.97. The molecule has 1 heterocycles. The number of aromatic nitrogens is 2. The Morgan fingerprint density at radius 3 is 2.33 bits per heavy atom. The lowest BCUT2D eigenvalue weighted by Crippen LogP contribution is -2.39. The highest BCUT2D eigenvalue weighted by molar-refractivity contribution is 5.79. The Kier molecular flexibility index (Phi) is 6.80. The molecule has 36 heavy (non-hydrogen) atoms. The van der Waals surface area contributed by atoms with Gasteiger partial charge in [0.05, 0.1) is 29.6 Å². The maximum absolute atomic E-state index is 14.4. The molecule has 0 bridgehead atoms. The number of benzene rings is 3. The number of para-hydroxylation sites is 1. The summed E-state index contributed by atoms with van der Waals surface area (Å²) < 4.78 is 16.9. The van der Waals surface area contributed by atoms with Gasteiger partial charge in [-0.2, -0.15) is 0 Å². The first-order chi connectivity index (χ1) is 17.5. The van der Waals surface area contributed by atoms with E-state index in [1.165, 1.54) is 17.1 Å². The number of halogens is 1. The Morgan fingerprint density at radius 2 is 1.58 bits per heavy atom. The highest BCUT2D eigenvalue weighted by Gasteiger charge is 2.17. The summed E-state index contributed by atoms with van der Waals surface area (Å²) in [6.07, 6.45) is 5.80. The Morgan fingerprint density at radius 1 is 0.889 bits per heavy atom. The first-order valence-electron chi connectivity index (χ1n) is 12.4. The molecule has 1 aliphatic rings. The number of hydrogen-bond donors (Lipinski definition) is 1. The lowest BCUT2D eigenvalue weighted by molar-refractivity contribution is -0.121. The first kappa shape index (κ1) is 23.7. The Bertz CT molecular complexity index is 1520. The van der Waals surface area contributed by atoms with Crippen LogP contribution in [0.5, 0.6) is 0 Å². The van der Waals surface area contributed by atoms with Crippen molar-refractivity contribution in [2.24, 2.45) is 0 Å². The smallest absolute Gasteiger partial charge is 0.336 e. The molecule has 0 radical (unpaired) electrons. The maximum Gasteiger partial charge on any atom is 0.336 e. The molecule has 0 saturated heterocycles. The molecule has 3 aromatic carbocycles. The Labute approximate surface area is 208 Å². The average Bonchev–Trinajstić information content (AvgIpc) is 2.89. The summed E-state index contributed by atoms with van der Waals surface area (Å²) in [5.74, 6) is -0.438. The predicted octanol–water partition coefficient (Wildman–Crippen LogP) is 4.33. The van der Waals surface area contributed by atoms with Gasteiger partial charge in [-0.25, -0.2) is 13.8 Å². The van der Waals surface area contributed by atoms with Gasteiger partial charge < -0.3 is 5.32 Å². The van der Waals surface area contributed by atoms with Gasteiger partial charge >= 0.3 is 5.69 Å². The molecule has 5 rings (SSSR count). The summed E-state index contributed by atoms with van der Waals surface area (Å²) in [6.45, 7) is -0.00821. The summed E-state index contributed by atoms with van der Waals surface area (Å²) in [5.41, 5.74) is 1.01. The van der Waals surface area contributed by atoms with Crippen molar-refractivity contribution in [3.63, 3.8) is 0 Å². The van der Waals surface area contributed by atoms with Crippen LogP contribution in [0.3, 0.4) is 0 Å². The van der Waals surface area contributed by atoms with Gasteiger partial charge in [0.1, 0.15) is 5.82 Å². The van der Waals surface area contributed by atoms with Crippen molar-refractivity contribution < 1.29 is 9.18 Å². The number of fused-ring (bicyclic) bond motifs is 1. The normalized spacial score (nSPS) is 14.1. The van der Waals surface area contributed by atoms with E-state index < -0.39 is 17.1 Å². The zero-order chi connectivity index (χ0) is 25.1. The van der Waals surface area contributed by atoms with E-state index in [9.17, 15) is 18.8 Å². The molecular weight excluding hydrogens is 457 g/mol. The van der Waals surface area contributed by atoms with Crippen LogP contribution < -0.4 is 16.6 Å². The van der Waals surface area contributed by atoms with Gasteiger partial charge in [-0.15, -0.1) is 0 Å². The zero-order valence-electron chi connectivity index (χ0n) is 20.0. The van der Waals surface area contributed by atoms with Crippen LogP contribution in [0, 0.1) is 5.82 Å². The van der Waals surface area contributed by atoms with Gasteiger partial charge in [-0.1, -0.05) is 61.7 Å². The number of nitrogens with zero attached hydrogens (tertiary/aromatic N) is 2. The van der Waals surface area contributed by atoms with Gasteiger partial charge in [0, 0.05) is 11.6 Å². The summed E-state index contributed by atoms with van der Waals surface area (Å²) in [7, 11) is 0. The third-order valence-corrected chi connectivity index (χ3v) is 6.87. The van der Waals surface area contributed by atoms with Crippen LogP contribution in [0.25, 0.3) is 16.6 Å². The third-order valence-electron chi connectivity index (χ3n) is 6.87. The van der Waals surface area contributed by atoms with Crippen molar-refractivity contribution in [3.8, 4) is 5.69 Å². The van der Waals surface area contributed by atoms with Crippen LogP contribution in [-0.2, 0) is 17.8 Å². The minimum absolute atomic E-state index is 0.00821. The molecule has 1 aliphatic carbocycles. The van der Waals surface area contributed by atoms with Crippen molar-refractivity contribution >= 4 is 16.8 Å². The van der Waals surface area contributed by atoms with Gasteiger partial charge in [0.2, 0.25) is 5.91 Å². The fraction of sp³-hybridized carbons (Fsp3) is 0.276. The molecule has 184 valence electrons. The molecule has 0 unspecified atom stereocenters. The summed E-state index contributed by atoms with van der Waals surface area (Å²) in [5, 5.41) is 3.47. The molecule has 1 N–H and O–H groups in total. The number of carbonyl (C=O) groups is 1. The van der Waals surface area contributed by atoms with Gasteiger partial charge in [0.15, 0.2) is 0 Å². The molecule has 0 spiro atoms. The van der Waals surface area contributed by atoms with Gasteiger partial charge in [-0.3, -0.25) is 14.2 Å². The van der Waals surface area contributed by atoms with Crippen LogP contribution in [0.4, 0.5) is 4.39 Å². The molecule has 1 aromatic heterocycles. The number of amides is 1. The van der Waals surface area contributed by atoms with Crippen molar-refractivity contribution in [2.45, 2.75) is 51.1 Å². The van der Waals surface area contributed by atoms with E-state index in [0.717, 1.165) is 35.8 Å². The highest BCUT2D eigenvalue weighted by Crippen LogP contribution is 2.18. The van der Waals surface area contributed by atoms with Crippen LogP contribution in [0.1, 0.15) is 43.2 Å². The van der Waals surface area contributed by atoms with Crippen LogP contribution in [0.15, 0.2) is 82.4 Å². The molecule has 0 atom stereocenters. The molecular formula is C29H28FN3O3. The number of nitrogens with one attached hydrogen (secondary N) is 1. The second kappa shape index (κ2) is 10.3. The van der Waals surface area contributed by atoms with Crippen molar-refractivity contribution in [1.82, 2.24) is 14.5 Å². The Hall–Kier alpha value is -4.00. The molecule has 7 heteroatoms. The van der Waals surface area contributed by atoms with E-state index in [0.29, 0.717) is 22.2 Å². The maximum atomic E-state index is 14.4. The van der Waals surface area contributed by atoms with E-state index in [2.05, 4.69) is 5.32 Å². The van der Waals surface area contributed by atoms with E-state index in [1.54, 1.807) is 66.7 Å². The number of rotatable bonds is 6. The molecule has 4 aromatic rings. The predicted molar refractivity (Wildman–Crippen MR) is 138 cm³/mol. The van der Waals surface area contributed by atoms with Crippen LogP contribution >= 0.6 is 0 Å². The summed E-state index contributed by atoms with van der Waals surface area (Å²) in [4.78, 5) is 39.3. The third kappa shape index (κ3) is 4.87. The number of hydrogen-bond acceptors (Lipinski definition) is 3. The van der Waals surface area contributed by atoms with Crippen LogP contribution in [0.2, 0.25) is 0 Å². The van der Waals surface area contributed by atoms with Crippen molar-refractivity contribution in [3.05, 3.63) is 111 Å². The minimum Gasteiger partial charge on any atom is -0.353 e. The van der Waals surface area contributed by atoms with Gasteiger partial charge in [0.25, 0.3) is 5.56 Å². The van der Waals surface area contributed by atoms with Crippen molar-refractivity contribution in [2.75, 3.05) is 0 Å². The highest BCUT2D eigenvalue weighted by atomic mass is 19.1. The van der Waals surface area contributed by atoms with E-state index in [-0.39, 0.29) is 24.9 Å². The van der Waals surface area contributed by atoms with E-state index in [4.69, 9.17) is 0 Å². The molecule has 0 aliphatic heterocycles. The Balaban J connectivity index is 1.47. The van der Waals surface area contributed by atoms with Gasteiger partial charge in [-0.05, 0) is 48.7 Å². The standard InChI is InChI=1S/C29H28FN3O3/c30-25-12-6-4-8-21(25)19-32-26-13-7-5-11-24(26)28(35)33(29(32)36)23-16-14-20(15-17-23)18-27(34)31-22-9-2-1-3-10-22/h4-8,11-17,22H,1-3,9-10,18-19H2,(H,31,34). The van der Waals surface area contributed by atoms with E-state index in [1.807, 2.05) is 0 Å². The monoisotopic (exact) mass is 485 g/mol. The topological polar surface area (TPSA) is 73.1 Å². The second-order valence-electron chi connectivity index (χ2n) is 9.36. The largest absolute Gasteiger partial charge is 0.353 e. The van der Waals surface area contributed by atoms with E-state index >= 15 is 0 Å². The number of carbonyl (C=O) groups excluding carboxylic acids is 1. The summed E-state index contributed by atoms with van der Waals surface area (Å²) >= 11 is 0. The zero-order valence-corrected chi connectivity index (χ0v) is 20.0. The lowest BCUT2D eigenvalue weighted by atomic mass is 9.95. The summed E-state index contributed by atoms with van der Waals surface area (Å²) in [6, 6.07) is 20.2. The van der Waals surface area contributed by atoms with Crippen LogP contribution in [-0.4, -0.2) is 21.1 Å². The molecule has 1 amide bonds. The average molecular weight is 486 g/mol. The second-order valence-corrected chi connectivity index (χ2v) is 9.36. The fourth-order valence-electron chi connectivity index (χ4n) is 4.97.